The van der Waals surface area contributed by atoms with Gasteiger partial charge >= 0.3 is 0 Å². The highest BCUT2D eigenvalue weighted by molar-refractivity contribution is 6.30. The Bertz CT molecular complexity index is 490. The number of halogens is 1. The number of fused-ring (bicyclic) bond motifs is 1. The van der Waals surface area contributed by atoms with Crippen LogP contribution in [-0.2, 0) is 0 Å². The van der Waals surface area contributed by atoms with E-state index in [1.807, 2.05) is 19.1 Å². The number of benzene rings is 1. The molecule has 0 bridgehead atoms. The van der Waals surface area contributed by atoms with Crippen molar-refractivity contribution in [2.75, 3.05) is 6.54 Å². The van der Waals surface area contributed by atoms with Crippen molar-refractivity contribution < 1.29 is 0 Å². The largest absolute Gasteiger partial charge is 0.313 e. The van der Waals surface area contributed by atoms with Gasteiger partial charge in [0.1, 0.15) is 11.7 Å². The smallest absolute Gasteiger partial charge is 0.127 e. The molecule has 1 atom stereocenters. The van der Waals surface area contributed by atoms with Gasteiger partial charge in [0.2, 0.25) is 0 Å². The third kappa shape index (κ3) is 1.91. The van der Waals surface area contributed by atoms with E-state index in [4.69, 9.17) is 11.6 Å². The zero-order valence-corrected chi connectivity index (χ0v) is 10.4. The maximum absolute atomic E-state index is 5.91. The van der Waals surface area contributed by atoms with Gasteiger partial charge in [-0.1, -0.05) is 23.7 Å². The molecule has 1 N–H and O–H groups in total. The summed E-state index contributed by atoms with van der Waals surface area (Å²) in [7, 11) is 0. The fraction of sp³-hybridized carbons (Fsp3) is 0.308. The quantitative estimate of drug-likeness (QED) is 0.826. The van der Waals surface area contributed by atoms with Gasteiger partial charge in [-0.15, -0.1) is 0 Å². The fourth-order valence-electron chi connectivity index (χ4n) is 2.34. The van der Waals surface area contributed by atoms with E-state index in [9.17, 15) is 0 Å². The van der Waals surface area contributed by atoms with E-state index in [1.54, 1.807) is 0 Å². The first-order valence-corrected chi connectivity index (χ1v) is 6.15. The second-order valence-electron chi connectivity index (χ2n) is 4.45. The Labute approximate surface area is 106 Å². The maximum atomic E-state index is 5.91. The minimum absolute atomic E-state index is 0.515. The van der Waals surface area contributed by atoms with Crippen LogP contribution in [0.1, 0.15) is 24.8 Å². The summed E-state index contributed by atoms with van der Waals surface area (Å²) < 4.78 is 0. The second-order valence-corrected chi connectivity index (χ2v) is 4.89. The monoisotopic (exact) mass is 247 g/mol. The van der Waals surface area contributed by atoms with Crippen LogP contribution in [0.3, 0.4) is 0 Å². The Kier molecular flexibility index (Phi) is 2.56. The molecule has 1 unspecified atom stereocenters. The van der Waals surface area contributed by atoms with Crippen LogP contribution in [0.25, 0.3) is 0 Å². The summed E-state index contributed by atoms with van der Waals surface area (Å²) in [6, 6.07) is 8.14. The summed E-state index contributed by atoms with van der Waals surface area (Å²) >= 11 is 5.91. The predicted octanol–water partition coefficient (Wildman–Crippen LogP) is 2.91. The summed E-state index contributed by atoms with van der Waals surface area (Å²) in [5.74, 6) is 2.67. The lowest BCUT2D eigenvalue weighted by atomic mass is 9.93. The first kappa shape index (κ1) is 10.7. The number of rotatable bonds is 1. The summed E-state index contributed by atoms with van der Waals surface area (Å²) in [6.45, 7) is 3.01. The Morgan fingerprint density at radius 1 is 1.35 bits per heavy atom. The molecule has 0 aliphatic carbocycles. The molecule has 88 valence electrons. The van der Waals surface area contributed by atoms with E-state index >= 15 is 0 Å². The van der Waals surface area contributed by atoms with Gasteiger partial charge in [-0.25, -0.2) is 0 Å². The molecule has 0 saturated heterocycles. The Morgan fingerprint density at radius 3 is 2.88 bits per heavy atom. The summed E-state index contributed by atoms with van der Waals surface area (Å²) in [4.78, 5) is 2.22. The van der Waals surface area contributed by atoms with Crippen LogP contribution in [0.5, 0.6) is 0 Å². The van der Waals surface area contributed by atoms with Gasteiger partial charge in [0.25, 0.3) is 0 Å². The third-order valence-corrected chi connectivity index (χ3v) is 3.61. The topological polar surface area (TPSA) is 27.6 Å². The molecular weight excluding hydrogens is 234 g/mol. The molecule has 1 aromatic carbocycles. The molecule has 0 aromatic heterocycles. The van der Waals surface area contributed by atoms with Crippen LogP contribution in [0.2, 0.25) is 5.02 Å². The maximum Gasteiger partial charge on any atom is 0.127 e. The van der Waals surface area contributed by atoms with Crippen LogP contribution in [0.4, 0.5) is 0 Å². The number of hydrogen-bond acceptors (Lipinski definition) is 3. The summed E-state index contributed by atoms with van der Waals surface area (Å²) in [5, 5.41) is 5.02. The minimum Gasteiger partial charge on any atom is -0.313 e. The van der Waals surface area contributed by atoms with Gasteiger partial charge in [0.15, 0.2) is 0 Å². The second kappa shape index (κ2) is 4.08. The summed E-state index contributed by atoms with van der Waals surface area (Å²) in [6.07, 6.45) is 3.26. The molecule has 4 heteroatoms. The van der Waals surface area contributed by atoms with Crippen molar-refractivity contribution in [1.82, 2.24) is 10.3 Å². The van der Waals surface area contributed by atoms with Crippen molar-refractivity contribution in [3.8, 4) is 0 Å². The molecule has 17 heavy (non-hydrogen) atoms. The van der Waals surface area contributed by atoms with Crippen LogP contribution in [-0.4, -0.2) is 17.3 Å². The van der Waals surface area contributed by atoms with Crippen molar-refractivity contribution in [3.05, 3.63) is 46.7 Å². The molecule has 2 aliphatic heterocycles. The first-order chi connectivity index (χ1) is 8.24. The van der Waals surface area contributed by atoms with Gasteiger partial charge in [-0.2, -0.15) is 5.10 Å². The lowest BCUT2D eigenvalue weighted by Crippen LogP contribution is -2.33. The van der Waals surface area contributed by atoms with E-state index in [2.05, 4.69) is 33.6 Å². The van der Waals surface area contributed by atoms with E-state index in [0.29, 0.717) is 5.92 Å². The summed E-state index contributed by atoms with van der Waals surface area (Å²) in [5.41, 5.74) is 4.38. The molecule has 2 aliphatic rings. The highest BCUT2D eigenvalue weighted by Gasteiger charge is 2.27. The van der Waals surface area contributed by atoms with Gasteiger partial charge in [0, 0.05) is 17.5 Å². The molecular formula is C13H14ClN3. The minimum atomic E-state index is 0.515. The SMILES string of the molecule is CC1=NNC2=CCC(c3ccc(Cl)cc3)CN21. The number of amidine groups is 1. The van der Waals surface area contributed by atoms with Crippen molar-refractivity contribution in [2.45, 2.75) is 19.3 Å². The van der Waals surface area contributed by atoms with Crippen molar-refractivity contribution >= 4 is 17.4 Å². The van der Waals surface area contributed by atoms with Crippen molar-refractivity contribution in [2.24, 2.45) is 5.10 Å². The standard InChI is InChI=1S/C13H14ClN3/c1-9-15-16-13-7-4-11(8-17(9)13)10-2-5-12(14)6-3-10/h2-3,5-7,11,16H,4,8H2,1H3. The van der Waals surface area contributed by atoms with Gasteiger partial charge in [0.05, 0.1) is 0 Å². The molecule has 1 aromatic rings. The number of hydrogen-bond donors (Lipinski definition) is 1. The number of nitrogens with one attached hydrogen (secondary N) is 1. The molecule has 0 saturated carbocycles. The molecule has 0 spiro atoms. The molecule has 0 radical (unpaired) electrons. The fourth-order valence-corrected chi connectivity index (χ4v) is 2.47. The zero-order chi connectivity index (χ0) is 11.8. The van der Waals surface area contributed by atoms with Crippen molar-refractivity contribution in [1.29, 1.82) is 0 Å². The van der Waals surface area contributed by atoms with Crippen LogP contribution < -0.4 is 5.43 Å². The van der Waals surface area contributed by atoms with E-state index in [0.717, 1.165) is 29.6 Å². The molecule has 0 amide bonds. The number of hydrazone groups is 1. The zero-order valence-electron chi connectivity index (χ0n) is 9.65. The predicted molar refractivity (Wildman–Crippen MR) is 69.8 cm³/mol. The lowest BCUT2D eigenvalue weighted by Gasteiger charge is -2.29. The molecule has 2 heterocycles. The van der Waals surface area contributed by atoms with Crippen molar-refractivity contribution in [3.63, 3.8) is 0 Å². The molecule has 3 nitrogen and oxygen atoms in total. The lowest BCUT2D eigenvalue weighted by molar-refractivity contribution is 0.424. The van der Waals surface area contributed by atoms with E-state index in [1.165, 1.54) is 5.56 Å². The normalized spacial score (nSPS) is 22.7. The van der Waals surface area contributed by atoms with Crippen LogP contribution >= 0.6 is 11.6 Å². The van der Waals surface area contributed by atoms with E-state index < -0.39 is 0 Å². The Balaban J connectivity index is 1.83. The highest BCUT2D eigenvalue weighted by Crippen LogP contribution is 2.29. The third-order valence-electron chi connectivity index (χ3n) is 3.35. The van der Waals surface area contributed by atoms with E-state index in [-0.39, 0.29) is 0 Å². The average Bonchev–Trinajstić information content (AvgIpc) is 2.72. The van der Waals surface area contributed by atoms with Gasteiger partial charge < -0.3 is 4.90 Å². The van der Waals surface area contributed by atoms with Gasteiger partial charge in [-0.3, -0.25) is 5.43 Å². The average molecular weight is 248 g/mol. The molecule has 0 fully saturated rings. The molecule has 3 rings (SSSR count). The number of nitrogens with zero attached hydrogens (tertiary/aromatic N) is 2. The van der Waals surface area contributed by atoms with Crippen LogP contribution in [0, 0.1) is 0 Å². The first-order valence-electron chi connectivity index (χ1n) is 5.77. The highest BCUT2D eigenvalue weighted by atomic mass is 35.5. The Hall–Kier alpha value is -1.48. The van der Waals surface area contributed by atoms with Crippen LogP contribution in [0.15, 0.2) is 41.3 Å². The number of allylic oxidation sites excluding steroid dienone is 1. The van der Waals surface area contributed by atoms with Gasteiger partial charge in [-0.05, 0) is 37.1 Å². The Morgan fingerprint density at radius 2 is 2.12 bits per heavy atom.